The number of allylic oxidation sites excluding steroid dienone is 3. The molecule has 0 spiro atoms. The topological polar surface area (TPSA) is 102 Å². The summed E-state index contributed by atoms with van der Waals surface area (Å²) in [5, 5.41) is 0.0589. The molecule has 3 atom stereocenters. The lowest BCUT2D eigenvalue weighted by Crippen LogP contribution is -2.44. The van der Waals surface area contributed by atoms with Crippen molar-refractivity contribution < 1.29 is 37.7 Å². The largest absolute Gasteiger partial charge is 0.543 e. The minimum Gasteiger partial charge on any atom is -0.543 e. The molecule has 322 valence electrons. The van der Waals surface area contributed by atoms with Crippen molar-refractivity contribution in [3.8, 4) is 11.5 Å². The second-order valence-electron chi connectivity index (χ2n) is 16.7. The number of aromatic nitrogens is 1. The number of rotatable bonds is 24. The fourth-order valence-corrected chi connectivity index (χ4v) is 7.73. The number of carbonyl (C=O) groups is 2. The number of para-hydroxylation sites is 1. The van der Waals surface area contributed by atoms with Gasteiger partial charge in [0.25, 0.3) is 0 Å². The Morgan fingerprint density at radius 2 is 1.58 bits per heavy atom. The zero-order valence-corrected chi connectivity index (χ0v) is 37.7. The lowest BCUT2D eigenvalue weighted by atomic mass is 9.91. The lowest BCUT2D eigenvalue weighted by molar-refractivity contribution is -0.241. The second kappa shape index (κ2) is 24.7. The van der Waals surface area contributed by atoms with E-state index in [1.807, 2.05) is 44.3 Å². The number of pyridine rings is 1. The Morgan fingerprint density at radius 1 is 0.831 bits per heavy atom. The van der Waals surface area contributed by atoms with Crippen LogP contribution in [0.15, 0.2) is 91.3 Å². The van der Waals surface area contributed by atoms with Crippen molar-refractivity contribution in [1.29, 1.82) is 0 Å². The van der Waals surface area contributed by atoms with Crippen molar-refractivity contribution in [3.05, 3.63) is 108 Å². The van der Waals surface area contributed by atoms with Crippen LogP contribution in [0.3, 0.4) is 0 Å². The van der Waals surface area contributed by atoms with Gasteiger partial charge < -0.3 is 28.1 Å². The highest BCUT2D eigenvalue weighted by molar-refractivity contribution is 6.74. The van der Waals surface area contributed by atoms with Gasteiger partial charge in [-0.25, -0.2) is 0 Å². The van der Waals surface area contributed by atoms with Crippen molar-refractivity contribution in [2.24, 2.45) is 5.92 Å². The number of unbranched alkanes of at least 4 members (excludes halogenated alkanes) is 4. The van der Waals surface area contributed by atoms with Gasteiger partial charge in [0, 0.05) is 42.3 Å². The van der Waals surface area contributed by atoms with E-state index in [1.54, 1.807) is 6.20 Å². The van der Waals surface area contributed by atoms with Gasteiger partial charge in [0.1, 0.15) is 11.5 Å². The molecule has 2 aromatic carbocycles. The molecule has 59 heavy (non-hydrogen) atoms. The Bertz CT molecular complexity index is 1750. The molecule has 10 heteroatoms. The van der Waals surface area contributed by atoms with Crippen molar-refractivity contribution in [2.45, 2.75) is 136 Å². The Hall–Kier alpha value is -4.25. The maximum Gasteiger partial charge on any atom is 0.306 e. The fraction of sp³-hybridized carbons (Fsp3) is 0.531. The molecule has 0 bridgehead atoms. The third-order valence-electron chi connectivity index (χ3n) is 11.0. The molecular formula is C49H69NO8Si. The summed E-state index contributed by atoms with van der Waals surface area (Å²) in [6.45, 7) is 17.0. The Labute approximate surface area is 355 Å². The highest BCUT2D eigenvalue weighted by atomic mass is 28.4. The van der Waals surface area contributed by atoms with Gasteiger partial charge in [-0.1, -0.05) is 75.4 Å². The molecular weight excluding hydrogens is 759 g/mol. The number of hydrogen-bond donors (Lipinski definition) is 0. The van der Waals surface area contributed by atoms with E-state index in [1.165, 1.54) is 0 Å². The molecule has 1 aromatic heterocycles. The molecule has 0 radical (unpaired) electrons. The molecule has 1 aliphatic heterocycles. The van der Waals surface area contributed by atoms with Crippen LogP contribution in [-0.4, -0.2) is 58.0 Å². The molecule has 0 unspecified atom stereocenters. The number of esters is 2. The summed E-state index contributed by atoms with van der Waals surface area (Å²) in [6, 6.07) is 20.6. The number of ether oxygens (including phenoxy) is 5. The molecule has 0 aliphatic carbocycles. The molecule has 0 amide bonds. The van der Waals surface area contributed by atoms with Crippen LogP contribution in [-0.2, 0) is 28.5 Å². The average molecular weight is 828 g/mol. The predicted octanol–water partition coefficient (Wildman–Crippen LogP) is 12.0. The first-order valence-corrected chi connectivity index (χ1v) is 24.7. The van der Waals surface area contributed by atoms with E-state index in [0.717, 1.165) is 85.1 Å². The van der Waals surface area contributed by atoms with Crippen LogP contribution in [0.1, 0.15) is 128 Å². The smallest absolute Gasteiger partial charge is 0.306 e. The number of benzene rings is 2. The molecule has 1 saturated heterocycles. The minimum atomic E-state index is -2.10. The second-order valence-corrected chi connectivity index (χ2v) is 21.4. The van der Waals surface area contributed by atoms with Gasteiger partial charge in [0.2, 0.25) is 8.32 Å². The molecule has 3 aromatic rings. The van der Waals surface area contributed by atoms with Crippen molar-refractivity contribution in [1.82, 2.24) is 4.98 Å². The van der Waals surface area contributed by atoms with E-state index in [4.69, 9.17) is 28.1 Å². The van der Waals surface area contributed by atoms with Gasteiger partial charge in [-0.3, -0.25) is 14.6 Å². The van der Waals surface area contributed by atoms with E-state index in [9.17, 15) is 9.59 Å². The van der Waals surface area contributed by atoms with Crippen molar-refractivity contribution in [3.63, 3.8) is 0 Å². The highest BCUT2D eigenvalue weighted by Crippen LogP contribution is 2.43. The van der Waals surface area contributed by atoms with Crippen LogP contribution in [0.5, 0.6) is 11.5 Å². The Kier molecular flexibility index (Phi) is 19.9. The van der Waals surface area contributed by atoms with Crippen LogP contribution in [0, 0.1) is 5.92 Å². The van der Waals surface area contributed by atoms with Gasteiger partial charge in [-0.15, -0.1) is 0 Å². The standard InChI is InChI=1S/C49H69NO8Si/c1-8-53-45(51)27-15-10-13-22-40-37-56-47(57-48(40)43-25-18-19-26-44(43)58-59(6,7)49(3,4)5)29-17-12-20-35-55-41-32-30-38(31-33-41)42(39-23-21-34-50-36-39)24-14-11-16-28-46(52)54-9-2/h10,13,18-19,21,23-26,30-34,36,40,47-48H,8-9,11-12,14-17,20,22,27-29,35,37H2,1-7H3/b13-10-,42-24+/t40-,47+,48+/m1/s1. The summed E-state index contributed by atoms with van der Waals surface area (Å²) >= 11 is 0. The summed E-state index contributed by atoms with van der Waals surface area (Å²) in [7, 11) is -2.10. The first-order chi connectivity index (χ1) is 28.4. The SMILES string of the molecule is CCOC(=O)CC/C=C\C[C@@H]1CO[C@H](CCCCCOc2ccc(/C(=C\CCCCC(=O)OCC)c3cccnc3)cc2)O[C@@H]1c1ccccc1O[Si](C)(C)C(C)(C)C. The minimum absolute atomic E-state index is 0.0589. The van der Waals surface area contributed by atoms with Crippen LogP contribution < -0.4 is 9.16 Å². The molecule has 4 rings (SSSR count). The third-order valence-corrected chi connectivity index (χ3v) is 15.4. The number of carbonyl (C=O) groups excluding carboxylic acids is 2. The summed E-state index contributed by atoms with van der Waals surface area (Å²) in [4.78, 5) is 27.9. The van der Waals surface area contributed by atoms with Crippen molar-refractivity contribution >= 4 is 25.8 Å². The van der Waals surface area contributed by atoms with Crippen LogP contribution in [0.4, 0.5) is 0 Å². The van der Waals surface area contributed by atoms with E-state index in [-0.39, 0.29) is 35.3 Å². The molecule has 2 heterocycles. The monoisotopic (exact) mass is 827 g/mol. The van der Waals surface area contributed by atoms with Crippen LogP contribution in [0.2, 0.25) is 18.1 Å². The first kappa shape index (κ1) is 47.4. The molecule has 0 saturated carbocycles. The van der Waals surface area contributed by atoms with Crippen LogP contribution >= 0.6 is 0 Å². The molecule has 9 nitrogen and oxygen atoms in total. The quantitative estimate of drug-likeness (QED) is 0.0378. The fourth-order valence-electron chi connectivity index (χ4n) is 6.69. The van der Waals surface area contributed by atoms with Gasteiger partial charge in [-0.05, 0) is 125 Å². The lowest BCUT2D eigenvalue weighted by Gasteiger charge is -2.40. The van der Waals surface area contributed by atoms with Gasteiger partial charge in [0.05, 0.1) is 32.5 Å². The normalized spacial score (nSPS) is 17.5. The maximum absolute atomic E-state index is 11.8. The first-order valence-electron chi connectivity index (χ1n) is 21.8. The molecule has 0 N–H and O–H groups in total. The third kappa shape index (κ3) is 16.0. The van der Waals surface area contributed by atoms with Crippen LogP contribution in [0.25, 0.3) is 5.57 Å². The highest BCUT2D eigenvalue weighted by Gasteiger charge is 2.41. The maximum atomic E-state index is 11.8. The number of nitrogens with zero attached hydrogens (tertiary/aromatic N) is 1. The van der Waals surface area contributed by atoms with E-state index >= 15 is 0 Å². The zero-order chi connectivity index (χ0) is 42.5. The van der Waals surface area contributed by atoms with Gasteiger partial charge >= 0.3 is 11.9 Å². The molecule has 1 aliphatic rings. The van der Waals surface area contributed by atoms with E-state index < -0.39 is 8.32 Å². The predicted molar refractivity (Wildman–Crippen MR) is 238 cm³/mol. The van der Waals surface area contributed by atoms with E-state index in [2.05, 4.69) is 93.5 Å². The Balaban J connectivity index is 1.30. The average Bonchev–Trinajstić information content (AvgIpc) is 3.21. The van der Waals surface area contributed by atoms with Gasteiger partial charge in [-0.2, -0.15) is 0 Å². The summed E-state index contributed by atoms with van der Waals surface area (Å²) in [6.07, 6.45) is 18.1. The molecule has 1 fully saturated rings. The van der Waals surface area contributed by atoms with E-state index in [0.29, 0.717) is 45.7 Å². The summed E-state index contributed by atoms with van der Waals surface area (Å²) < 4.78 is 36.3. The Morgan fingerprint density at radius 3 is 2.29 bits per heavy atom. The van der Waals surface area contributed by atoms with Crippen molar-refractivity contribution in [2.75, 3.05) is 26.4 Å². The van der Waals surface area contributed by atoms with Gasteiger partial charge in [0.15, 0.2) is 6.29 Å². The summed E-state index contributed by atoms with van der Waals surface area (Å²) in [5.74, 6) is 1.54. The summed E-state index contributed by atoms with van der Waals surface area (Å²) in [5.41, 5.74) is 4.35. The number of hydrogen-bond acceptors (Lipinski definition) is 9. The zero-order valence-electron chi connectivity index (χ0n) is 36.7.